The van der Waals surface area contributed by atoms with E-state index in [0.29, 0.717) is 5.75 Å². The van der Waals surface area contributed by atoms with E-state index in [1.807, 2.05) is 30.3 Å². The number of hydrogen-bond acceptors (Lipinski definition) is 2. The molecule has 0 radical (unpaired) electrons. The Balaban J connectivity index is 2.36. The van der Waals surface area contributed by atoms with E-state index in [1.165, 1.54) is 6.08 Å². The number of benzene rings is 1. The molecule has 1 N–H and O–H groups in total. The highest BCUT2D eigenvalue weighted by Gasteiger charge is 2.04. The topological polar surface area (TPSA) is 60.4 Å². The van der Waals surface area contributed by atoms with Gasteiger partial charge in [0.15, 0.2) is 0 Å². The highest BCUT2D eigenvalue weighted by molar-refractivity contribution is 7.90. The van der Waals surface area contributed by atoms with Gasteiger partial charge in [0, 0.05) is 11.6 Å². The van der Waals surface area contributed by atoms with Crippen LogP contribution in [-0.2, 0) is 21.7 Å². The van der Waals surface area contributed by atoms with Gasteiger partial charge in [-0.1, -0.05) is 30.3 Å². The van der Waals surface area contributed by atoms with Crippen LogP contribution >= 0.6 is 0 Å². The van der Waals surface area contributed by atoms with Crippen molar-refractivity contribution in [1.82, 2.24) is 0 Å². The minimum atomic E-state index is -1.04. The zero-order valence-electron chi connectivity index (χ0n) is 8.13. The second-order valence-electron chi connectivity index (χ2n) is 2.98. The molecule has 1 rings (SSSR count). The first kappa shape index (κ1) is 11.8. The Hall–Kier alpha value is -1.26. The van der Waals surface area contributed by atoms with Crippen LogP contribution in [-0.4, -0.2) is 21.4 Å². The van der Waals surface area contributed by atoms with E-state index in [-0.39, 0.29) is 5.75 Å². The van der Waals surface area contributed by atoms with Gasteiger partial charge in [0.05, 0.1) is 0 Å². The Kier molecular flexibility index (Phi) is 4.93. The lowest BCUT2D eigenvalue weighted by atomic mass is 10.2. The molecule has 0 aromatic heterocycles. The Morgan fingerprint density at radius 2 is 2.07 bits per heavy atom. The SMILES string of the molecule is O=C(O)C=CC[S+]([O-])Cc1ccccc1. The largest absolute Gasteiger partial charge is 0.616 e. The maximum atomic E-state index is 11.5. The lowest BCUT2D eigenvalue weighted by Crippen LogP contribution is -2.07. The molecule has 4 heteroatoms. The number of carboxylic acid groups (broad SMARTS) is 1. The van der Waals surface area contributed by atoms with Crippen molar-refractivity contribution in [3.63, 3.8) is 0 Å². The Morgan fingerprint density at radius 1 is 1.40 bits per heavy atom. The predicted octanol–water partition coefficient (Wildman–Crippen LogP) is 1.58. The third-order valence-corrected chi connectivity index (χ3v) is 2.93. The van der Waals surface area contributed by atoms with Gasteiger partial charge in [-0.2, -0.15) is 0 Å². The molecule has 0 bridgehead atoms. The average molecular weight is 224 g/mol. The molecule has 0 spiro atoms. The van der Waals surface area contributed by atoms with E-state index in [0.717, 1.165) is 11.6 Å². The van der Waals surface area contributed by atoms with Crippen LogP contribution in [0.2, 0.25) is 0 Å². The van der Waals surface area contributed by atoms with Crippen molar-refractivity contribution in [1.29, 1.82) is 0 Å². The Labute approximate surface area is 91.6 Å². The molecule has 1 aromatic carbocycles. The zero-order chi connectivity index (χ0) is 11.1. The summed E-state index contributed by atoms with van der Waals surface area (Å²) in [6, 6.07) is 9.48. The van der Waals surface area contributed by atoms with Crippen LogP contribution < -0.4 is 0 Å². The third-order valence-electron chi connectivity index (χ3n) is 1.71. The van der Waals surface area contributed by atoms with Gasteiger partial charge in [0.25, 0.3) is 0 Å². The second kappa shape index (κ2) is 6.27. The average Bonchev–Trinajstić information content (AvgIpc) is 2.18. The van der Waals surface area contributed by atoms with Gasteiger partial charge in [-0.3, -0.25) is 0 Å². The third kappa shape index (κ3) is 5.24. The molecule has 0 aliphatic heterocycles. The normalized spacial score (nSPS) is 12.9. The van der Waals surface area contributed by atoms with E-state index in [1.54, 1.807) is 0 Å². The van der Waals surface area contributed by atoms with Crippen molar-refractivity contribution in [2.75, 3.05) is 5.75 Å². The minimum Gasteiger partial charge on any atom is -0.616 e. The lowest BCUT2D eigenvalue weighted by Gasteiger charge is -2.08. The molecule has 1 unspecified atom stereocenters. The molecular formula is C11H12O3S. The lowest BCUT2D eigenvalue weighted by molar-refractivity contribution is -0.131. The second-order valence-corrected chi connectivity index (χ2v) is 4.48. The fraction of sp³-hybridized carbons (Fsp3) is 0.182. The summed E-state index contributed by atoms with van der Waals surface area (Å²) in [4.78, 5) is 10.2. The molecule has 80 valence electrons. The van der Waals surface area contributed by atoms with Crippen molar-refractivity contribution >= 4 is 17.1 Å². The van der Waals surface area contributed by atoms with Crippen LogP contribution in [0.3, 0.4) is 0 Å². The number of rotatable bonds is 5. The summed E-state index contributed by atoms with van der Waals surface area (Å²) in [7, 11) is 0. The summed E-state index contributed by atoms with van der Waals surface area (Å²) in [5, 5.41) is 8.33. The Bertz CT molecular complexity index is 335. The van der Waals surface area contributed by atoms with Crippen molar-refractivity contribution < 1.29 is 14.5 Å². The molecule has 0 saturated carbocycles. The molecule has 0 amide bonds. The maximum absolute atomic E-state index is 11.5. The number of aliphatic carboxylic acids is 1. The van der Waals surface area contributed by atoms with Crippen molar-refractivity contribution in [3.05, 3.63) is 48.0 Å². The van der Waals surface area contributed by atoms with Crippen LogP contribution in [0.4, 0.5) is 0 Å². The van der Waals surface area contributed by atoms with Gasteiger partial charge < -0.3 is 9.66 Å². The van der Waals surface area contributed by atoms with Gasteiger partial charge in [0.2, 0.25) is 0 Å². The van der Waals surface area contributed by atoms with Crippen LogP contribution in [0.1, 0.15) is 5.56 Å². The van der Waals surface area contributed by atoms with Gasteiger partial charge in [-0.25, -0.2) is 4.79 Å². The molecule has 1 aromatic rings. The first-order valence-corrected chi connectivity index (χ1v) is 5.95. The van der Waals surface area contributed by atoms with E-state index in [4.69, 9.17) is 5.11 Å². The van der Waals surface area contributed by atoms with E-state index in [9.17, 15) is 9.35 Å². The van der Waals surface area contributed by atoms with Crippen LogP contribution in [0.25, 0.3) is 0 Å². The first-order chi connectivity index (χ1) is 7.18. The summed E-state index contributed by atoms with van der Waals surface area (Å²) in [5.74, 6) is -0.266. The van der Waals surface area contributed by atoms with Gasteiger partial charge in [-0.15, -0.1) is 0 Å². The van der Waals surface area contributed by atoms with Gasteiger partial charge in [0.1, 0.15) is 11.5 Å². The van der Waals surface area contributed by atoms with E-state index >= 15 is 0 Å². The van der Waals surface area contributed by atoms with E-state index in [2.05, 4.69) is 0 Å². The molecule has 0 fully saturated rings. The van der Waals surface area contributed by atoms with Crippen LogP contribution in [0.15, 0.2) is 42.5 Å². The molecule has 0 heterocycles. The predicted molar refractivity (Wildman–Crippen MR) is 59.9 cm³/mol. The number of carboxylic acids is 1. The summed E-state index contributed by atoms with van der Waals surface area (Å²) < 4.78 is 11.5. The molecule has 0 aliphatic carbocycles. The van der Waals surface area contributed by atoms with Crippen molar-refractivity contribution in [2.24, 2.45) is 0 Å². The number of hydrogen-bond donors (Lipinski definition) is 1. The van der Waals surface area contributed by atoms with Crippen molar-refractivity contribution in [2.45, 2.75) is 5.75 Å². The highest BCUT2D eigenvalue weighted by atomic mass is 32.2. The summed E-state index contributed by atoms with van der Waals surface area (Å²) in [6.45, 7) is 0. The summed E-state index contributed by atoms with van der Waals surface area (Å²) in [5.41, 5.74) is 1.000. The summed E-state index contributed by atoms with van der Waals surface area (Å²) >= 11 is -1.04. The minimum absolute atomic E-state index is 0.279. The molecular weight excluding hydrogens is 212 g/mol. The standard InChI is InChI=1S/C11H12O3S/c12-11(13)7-4-8-15(14)9-10-5-2-1-3-6-10/h1-7H,8-9H2,(H,12,13). The van der Waals surface area contributed by atoms with E-state index < -0.39 is 17.1 Å². The van der Waals surface area contributed by atoms with Gasteiger partial charge in [-0.05, 0) is 17.3 Å². The smallest absolute Gasteiger partial charge is 0.328 e. The molecule has 15 heavy (non-hydrogen) atoms. The quantitative estimate of drug-likeness (QED) is 0.610. The maximum Gasteiger partial charge on any atom is 0.328 e. The molecule has 1 atom stereocenters. The molecule has 0 aliphatic rings. The van der Waals surface area contributed by atoms with Crippen LogP contribution in [0.5, 0.6) is 0 Å². The fourth-order valence-corrected chi connectivity index (χ4v) is 2.07. The monoisotopic (exact) mass is 224 g/mol. The molecule has 0 saturated heterocycles. The van der Waals surface area contributed by atoms with Gasteiger partial charge >= 0.3 is 5.97 Å². The van der Waals surface area contributed by atoms with Crippen LogP contribution in [0, 0.1) is 0 Å². The summed E-state index contributed by atoms with van der Waals surface area (Å²) in [6.07, 6.45) is 2.43. The first-order valence-electron chi connectivity index (χ1n) is 4.47. The fourth-order valence-electron chi connectivity index (χ4n) is 1.08. The molecule has 3 nitrogen and oxygen atoms in total. The zero-order valence-corrected chi connectivity index (χ0v) is 8.94. The highest BCUT2D eigenvalue weighted by Crippen LogP contribution is 2.06. The number of carbonyl (C=O) groups is 1. The van der Waals surface area contributed by atoms with Crippen molar-refractivity contribution in [3.8, 4) is 0 Å². The Morgan fingerprint density at radius 3 is 2.67 bits per heavy atom.